The van der Waals surface area contributed by atoms with Gasteiger partial charge in [-0.1, -0.05) is 18.2 Å². The van der Waals surface area contributed by atoms with Gasteiger partial charge in [0.1, 0.15) is 11.6 Å². The van der Waals surface area contributed by atoms with E-state index in [0.29, 0.717) is 11.9 Å². The van der Waals surface area contributed by atoms with Gasteiger partial charge in [-0.25, -0.2) is 4.98 Å². The summed E-state index contributed by atoms with van der Waals surface area (Å²) in [5.74, 6) is 1.65. The molecule has 0 atom stereocenters. The van der Waals surface area contributed by atoms with Gasteiger partial charge in [-0.15, -0.1) is 0 Å². The number of benzene rings is 2. The Hall–Kier alpha value is -2.82. The fourth-order valence-corrected chi connectivity index (χ4v) is 3.84. The Morgan fingerprint density at radius 2 is 2.00 bits per heavy atom. The number of anilines is 1. The highest BCUT2D eigenvalue weighted by Crippen LogP contribution is 2.38. The van der Waals surface area contributed by atoms with Crippen molar-refractivity contribution >= 4 is 16.6 Å². The number of para-hydroxylation sites is 1. The van der Waals surface area contributed by atoms with Crippen molar-refractivity contribution in [1.29, 1.82) is 0 Å². The molecule has 1 aliphatic rings. The van der Waals surface area contributed by atoms with E-state index in [2.05, 4.69) is 17.9 Å². The second-order valence-corrected chi connectivity index (χ2v) is 6.85. The number of rotatable bonds is 3. The van der Waals surface area contributed by atoms with E-state index >= 15 is 0 Å². The lowest BCUT2D eigenvalue weighted by Gasteiger charge is -2.33. The molecule has 0 N–H and O–H groups in total. The Morgan fingerprint density at radius 3 is 2.81 bits per heavy atom. The molecule has 0 bridgehead atoms. The van der Waals surface area contributed by atoms with Crippen molar-refractivity contribution in [1.82, 2.24) is 9.55 Å². The van der Waals surface area contributed by atoms with Crippen LogP contribution >= 0.6 is 0 Å². The van der Waals surface area contributed by atoms with Gasteiger partial charge in [0.15, 0.2) is 0 Å². The van der Waals surface area contributed by atoms with E-state index in [1.807, 2.05) is 30.3 Å². The monoisotopic (exact) mass is 349 g/mol. The molecule has 5 heteroatoms. The lowest BCUT2D eigenvalue weighted by atomic mass is 9.96. The number of ether oxygens (including phenoxy) is 1. The van der Waals surface area contributed by atoms with Crippen LogP contribution in [0.25, 0.3) is 10.9 Å². The molecule has 0 radical (unpaired) electrons. The normalized spacial score (nSPS) is 13.7. The molecule has 0 saturated heterocycles. The Morgan fingerprint density at radius 1 is 1.19 bits per heavy atom. The first-order valence-electron chi connectivity index (χ1n) is 8.96. The number of hydrogen-bond donors (Lipinski definition) is 0. The summed E-state index contributed by atoms with van der Waals surface area (Å²) in [7, 11) is 3.51. The second kappa shape index (κ2) is 6.48. The number of methoxy groups -OCH3 is 1. The number of aromatic nitrogens is 2. The molecule has 1 aliphatic heterocycles. The van der Waals surface area contributed by atoms with Gasteiger partial charge in [0, 0.05) is 13.6 Å². The van der Waals surface area contributed by atoms with Crippen molar-refractivity contribution in [2.75, 3.05) is 18.6 Å². The van der Waals surface area contributed by atoms with Crippen molar-refractivity contribution < 1.29 is 4.74 Å². The van der Waals surface area contributed by atoms with Crippen LogP contribution in [0.5, 0.6) is 5.75 Å². The summed E-state index contributed by atoms with van der Waals surface area (Å²) < 4.78 is 7.29. The molecule has 4 rings (SSSR count). The molecule has 2 aromatic carbocycles. The van der Waals surface area contributed by atoms with Gasteiger partial charge in [-0.2, -0.15) is 0 Å². The Labute approximate surface area is 152 Å². The molecule has 0 saturated carbocycles. The van der Waals surface area contributed by atoms with Crippen LogP contribution in [0, 0.1) is 6.92 Å². The molecule has 134 valence electrons. The van der Waals surface area contributed by atoms with Gasteiger partial charge in [0.05, 0.1) is 30.2 Å². The van der Waals surface area contributed by atoms with E-state index in [0.717, 1.165) is 42.2 Å². The maximum atomic E-state index is 12.7. The average molecular weight is 349 g/mol. The minimum absolute atomic E-state index is 0.000889. The molecule has 2 heterocycles. The predicted molar refractivity (Wildman–Crippen MR) is 104 cm³/mol. The predicted octanol–water partition coefficient (Wildman–Crippen LogP) is 3.20. The largest absolute Gasteiger partial charge is 0.495 e. The quantitative estimate of drug-likeness (QED) is 0.728. The van der Waals surface area contributed by atoms with Crippen LogP contribution in [0.15, 0.2) is 41.2 Å². The highest BCUT2D eigenvalue weighted by atomic mass is 16.5. The first-order chi connectivity index (χ1) is 12.6. The first-order valence-corrected chi connectivity index (χ1v) is 8.96. The van der Waals surface area contributed by atoms with Crippen LogP contribution in [-0.4, -0.2) is 23.2 Å². The van der Waals surface area contributed by atoms with Crippen LogP contribution in [0.1, 0.15) is 23.4 Å². The Kier molecular flexibility index (Phi) is 4.15. The maximum absolute atomic E-state index is 12.7. The minimum Gasteiger partial charge on any atom is -0.495 e. The highest BCUT2D eigenvalue weighted by Gasteiger charge is 2.24. The van der Waals surface area contributed by atoms with E-state index in [1.54, 1.807) is 18.7 Å². The van der Waals surface area contributed by atoms with Gasteiger partial charge < -0.3 is 9.64 Å². The maximum Gasteiger partial charge on any atom is 0.261 e. The lowest BCUT2D eigenvalue weighted by Crippen LogP contribution is -2.33. The fraction of sp³-hybridized carbons (Fsp3) is 0.333. The number of hydrogen-bond acceptors (Lipinski definition) is 4. The summed E-state index contributed by atoms with van der Waals surface area (Å²) >= 11 is 0. The van der Waals surface area contributed by atoms with Crippen LogP contribution in [0.4, 0.5) is 5.69 Å². The van der Waals surface area contributed by atoms with E-state index in [9.17, 15) is 4.79 Å². The lowest BCUT2D eigenvalue weighted by molar-refractivity contribution is 0.411. The molecule has 1 aromatic heterocycles. The highest BCUT2D eigenvalue weighted by molar-refractivity contribution is 5.77. The molecule has 0 aliphatic carbocycles. The third-order valence-electron chi connectivity index (χ3n) is 5.28. The molecular weight excluding hydrogens is 326 g/mol. The molecule has 0 fully saturated rings. The second-order valence-electron chi connectivity index (χ2n) is 6.85. The zero-order chi connectivity index (χ0) is 18.3. The number of nitrogens with zero attached hydrogens (tertiary/aromatic N) is 3. The van der Waals surface area contributed by atoms with Crippen molar-refractivity contribution in [2.45, 2.75) is 26.3 Å². The van der Waals surface area contributed by atoms with Crippen molar-refractivity contribution in [3.8, 4) is 5.75 Å². The minimum atomic E-state index is -0.000889. The van der Waals surface area contributed by atoms with Gasteiger partial charge in [-0.05, 0) is 49.1 Å². The van der Waals surface area contributed by atoms with Gasteiger partial charge in [-0.3, -0.25) is 9.36 Å². The van der Waals surface area contributed by atoms with Gasteiger partial charge >= 0.3 is 0 Å². The standard InChI is InChI=1S/C21H23N3O2/c1-14-10-11-18(26-3)20-15(14)8-6-12-24(20)13-19-22-17-9-5-4-7-16(17)21(25)23(19)2/h4-5,7,9-11H,6,8,12-13H2,1-3H3. The molecule has 0 unspecified atom stereocenters. The Balaban J connectivity index is 1.81. The first kappa shape index (κ1) is 16.6. The van der Waals surface area contributed by atoms with E-state index in [1.165, 1.54) is 11.1 Å². The fourth-order valence-electron chi connectivity index (χ4n) is 3.84. The van der Waals surface area contributed by atoms with Crippen molar-refractivity contribution in [3.05, 3.63) is 63.7 Å². The van der Waals surface area contributed by atoms with E-state index in [4.69, 9.17) is 9.72 Å². The third-order valence-corrected chi connectivity index (χ3v) is 5.28. The van der Waals surface area contributed by atoms with Gasteiger partial charge in [0.2, 0.25) is 0 Å². The Bertz CT molecular complexity index is 1040. The third kappa shape index (κ3) is 2.64. The average Bonchev–Trinajstić information content (AvgIpc) is 2.67. The zero-order valence-electron chi connectivity index (χ0n) is 15.5. The van der Waals surface area contributed by atoms with Crippen molar-refractivity contribution in [3.63, 3.8) is 0 Å². The van der Waals surface area contributed by atoms with Crippen molar-refractivity contribution in [2.24, 2.45) is 7.05 Å². The van der Waals surface area contributed by atoms with E-state index < -0.39 is 0 Å². The topological polar surface area (TPSA) is 47.4 Å². The zero-order valence-corrected chi connectivity index (χ0v) is 15.5. The number of aryl methyl sites for hydroxylation is 1. The molecule has 3 aromatic rings. The van der Waals surface area contributed by atoms with Gasteiger partial charge in [0.25, 0.3) is 5.56 Å². The van der Waals surface area contributed by atoms with Crippen LogP contribution in [0.3, 0.4) is 0 Å². The molecule has 0 spiro atoms. The molecule has 0 amide bonds. The molecular formula is C21H23N3O2. The molecule has 5 nitrogen and oxygen atoms in total. The summed E-state index contributed by atoms with van der Waals surface area (Å²) in [6.07, 6.45) is 2.14. The van der Waals surface area contributed by atoms with Crippen LogP contribution in [-0.2, 0) is 20.0 Å². The summed E-state index contributed by atoms with van der Waals surface area (Å²) in [6.45, 7) is 3.66. The summed E-state index contributed by atoms with van der Waals surface area (Å²) in [6, 6.07) is 11.7. The summed E-state index contributed by atoms with van der Waals surface area (Å²) in [5.41, 5.74) is 4.51. The summed E-state index contributed by atoms with van der Waals surface area (Å²) in [4.78, 5) is 19.7. The summed E-state index contributed by atoms with van der Waals surface area (Å²) in [5, 5.41) is 0.659. The smallest absolute Gasteiger partial charge is 0.261 e. The SMILES string of the molecule is COc1ccc(C)c2c1N(Cc1nc3ccccc3c(=O)n1C)CCC2. The van der Waals surface area contributed by atoms with Crippen LogP contribution in [0.2, 0.25) is 0 Å². The van der Waals surface area contributed by atoms with Crippen LogP contribution < -0.4 is 15.2 Å². The molecule has 26 heavy (non-hydrogen) atoms. The number of fused-ring (bicyclic) bond motifs is 2. The van der Waals surface area contributed by atoms with E-state index in [-0.39, 0.29) is 5.56 Å².